The minimum Gasteiger partial charge on any atom is -0.313 e. The summed E-state index contributed by atoms with van der Waals surface area (Å²) in [5.74, 6) is -0.449. The molecule has 8 heteroatoms. The van der Waals surface area contributed by atoms with Crippen LogP contribution in [0.4, 0.5) is 13.2 Å². The molecule has 0 aromatic carbocycles. The van der Waals surface area contributed by atoms with Crippen LogP contribution in [-0.4, -0.2) is 50.8 Å². The Bertz CT molecular complexity index is 351. The predicted molar refractivity (Wildman–Crippen MR) is 62.7 cm³/mol. The zero-order chi connectivity index (χ0) is 13.8. The van der Waals surface area contributed by atoms with Gasteiger partial charge in [-0.3, -0.25) is 0 Å². The van der Waals surface area contributed by atoms with Crippen molar-refractivity contribution in [1.29, 1.82) is 0 Å². The number of nitrogens with one attached hydrogen (secondary N) is 1. The van der Waals surface area contributed by atoms with E-state index in [2.05, 4.69) is 5.32 Å². The fourth-order valence-electron chi connectivity index (χ4n) is 1.95. The fourth-order valence-corrected chi connectivity index (χ4v) is 3.18. The molecule has 0 aliphatic carbocycles. The van der Waals surface area contributed by atoms with Crippen LogP contribution in [0.25, 0.3) is 0 Å². The Balaban J connectivity index is 2.37. The summed E-state index contributed by atoms with van der Waals surface area (Å²) < 4.78 is 60.5. The summed E-state index contributed by atoms with van der Waals surface area (Å²) in [6.07, 6.45) is -3.81. The van der Waals surface area contributed by atoms with Crippen molar-refractivity contribution < 1.29 is 21.6 Å². The molecule has 1 fully saturated rings. The van der Waals surface area contributed by atoms with E-state index in [1.807, 2.05) is 0 Å². The normalized spacial score (nSPS) is 21.7. The van der Waals surface area contributed by atoms with Crippen LogP contribution in [0.3, 0.4) is 0 Å². The first kappa shape index (κ1) is 15.7. The Morgan fingerprint density at radius 3 is 2.56 bits per heavy atom. The third kappa shape index (κ3) is 5.53. The molecule has 1 saturated heterocycles. The zero-order valence-electron chi connectivity index (χ0n) is 10.3. The summed E-state index contributed by atoms with van der Waals surface area (Å²) in [6, 6.07) is 0.118. The van der Waals surface area contributed by atoms with E-state index in [1.54, 1.807) is 0 Å². The SMILES string of the molecule is CN(CC1CCCN1)S(=O)(=O)CCCC(F)(F)F. The maximum Gasteiger partial charge on any atom is 0.389 e. The lowest BCUT2D eigenvalue weighted by Gasteiger charge is -2.21. The van der Waals surface area contributed by atoms with Crippen LogP contribution in [0.15, 0.2) is 0 Å². The number of hydrogen-bond acceptors (Lipinski definition) is 3. The monoisotopic (exact) mass is 288 g/mol. The first-order valence-corrected chi connectivity index (χ1v) is 7.56. The highest BCUT2D eigenvalue weighted by atomic mass is 32.2. The van der Waals surface area contributed by atoms with Gasteiger partial charge in [0.05, 0.1) is 5.75 Å². The highest BCUT2D eigenvalue weighted by Crippen LogP contribution is 2.22. The average Bonchev–Trinajstić information content (AvgIpc) is 2.67. The molecule has 1 N–H and O–H groups in total. The summed E-state index contributed by atoms with van der Waals surface area (Å²) in [4.78, 5) is 0. The Morgan fingerprint density at radius 1 is 1.39 bits per heavy atom. The highest BCUT2D eigenvalue weighted by Gasteiger charge is 2.29. The zero-order valence-corrected chi connectivity index (χ0v) is 11.1. The lowest BCUT2D eigenvalue weighted by atomic mass is 10.2. The predicted octanol–water partition coefficient (Wildman–Crippen LogP) is 1.34. The van der Waals surface area contributed by atoms with Gasteiger partial charge in [-0.05, 0) is 25.8 Å². The molecule has 1 heterocycles. The molecule has 0 amide bonds. The van der Waals surface area contributed by atoms with Crippen molar-refractivity contribution >= 4 is 10.0 Å². The van der Waals surface area contributed by atoms with E-state index in [1.165, 1.54) is 7.05 Å². The van der Waals surface area contributed by atoms with Gasteiger partial charge in [-0.2, -0.15) is 13.2 Å². The molecule has 0 bridgehead atoms. The van der Waals surface area contributed by atoms with Crippen LogP contribution in [0.2, 0.25) is 0 Å². The summed E-state index contributed by atoms with van der Waals surface area (Å²) >= 11 is 0. The van der Waals surface area contributed by atoms with E-state index in [9.17, 15) is 21.6 Å². The fraction of sp³-hybridized carbons (Fsp3) is 1.00. The molecule has 1 unspecified atom stereocenters. The second-order valence-corrected chi connectivity index (χ2v) is 6.80. The standard InChI is InChI=1S/C10H19F3N2O2S/c1-15(8-9-4-2-6-14-9)18(16,17)7-3-5-10(11,12)13/h9,14H,2-8H2,1H3. The van der Waals surface area contributed by atoms with Crippen LogP contribution < -0.4 is 5.32 Å². The minimum atomic E-state index is -4.29. The van der Waals surface area contributed by atoms with Crippen molar-refractivity contribution in [3.8, 4) is 0 Å². The largest absolute Gasteiger partial charge is 0.389 e. The van der Waals surface area contributed by atoms with Crippen molar-refractivity contribution in [3.05, 3.63) is 0 Å². The van der Waals surface area contributed by atoms with Crippen LogP contribution in [0.1, 0.15) is 25.7 Å². The van der Waals surface area contributed by atoms with Gasteiger partial charge in [0.15, 0.2) is 0 Å². The molecule has 4 nitrogen and oxygen atoms in total. The maximum absolute atomic E-state index is 11.9. The van der Waals surface area contributed by atoms with Gasteiger partial charge < -0.3 is 5.32 Å². The number of hydrogen-bond donors (Lipinski definition) is 1. The molecule has 1 atom stereocenters. The van der Waals surface area contributed by atoms with Gasteiger partial charge >= 0.3 is 6.18 Å². The van der Waals surface area contributed by atoms with Gasteiger partial charge in [-0.1, -0.05) is 0 Å². The Kier molecular flexibility index (Phi) is 5.42. The van der Waals surface area contributed by atoms with E-state index >= 15 is 0 Å². The third-order valence-corrected chi connectivity index (χ3v) is 4.88. The van der Waals surface area contributed by atoms with Crippen molar-refractivity contribution in [2.75, 3.05) is 25.9 Å². The van der Waals surface area contributed by atoms with Crippen LogP contribution in [0.5, 0.6) is 0 Å². The average molecular weight is 288 g/mol. The lowest BCUT2D eigenvalue weighted by molar-refractivity contribution is -0.134. The molecule has 0 aromatic rings. The van der Waals surface area contributed by atoms with E-state index in [-0.39, 0.29) is 12.5 Å². The third-order valence-electron chi connectivity index (χ3n) is 2.98. The van der Waals surface area contributed by atoms with Crippen molar-refractivity contribution in [2.45, 2.75) is 37.9 Å². The van der Waals surface area contributed by atoms with Crippen LogP contribution >= 0.6 is 0 Å². The maximum atomic E-state index is 11.9. The Hall–Kier alpha value is -0.340. The van der Waals surface area contributed by atoms with Gasteiger partial charge in [-0.25, -0.2) is 12.7 Å². The number of sulfonamides is 1. The van der Waals surface area contributed by atoms with Gasteiger partial charge in [0, 0.05) is 26.1 Å². The number of likely N-dealkylation sites (N-methyl/N-ethyl adjacent to an activating group) is 1. The molecule has 0 spiro atoms. The smallest absolute Gasteiger partial charge is 0.313 e. The Morgan fingerprint density at radius 2 is 2.06 bits per heavy atom. The van der Waals surface area contributed by atoms with E-state index in [4.69, 9.17) is 0 Å². The van der Waals surface area contributed by atoms with Crippen molar-refractivity contribution in [2.24, 2.45) is 0 Å². The van der Waals surface area contributed by atoms with Crippen molar-refractivity contribution in [3.63, 3.8) is 0 Å². The second-order valence-electron chi connectivity index (χ2n) is 4.61. The molecular weight excluding hydrogens is 269 g/mol. The molecule has 0 aromatic heterocycles. The molecule has 18 heavy (non-hydrogen) atoms. The number of rotatable bonds is 6. The van der Waals surface area contributed by atoms with Crippen molar-refractivity contribution in [1.82, 2.24) is 9.62 Å². The van der Waals surface area contributed by atoms with Gasteiger partial charge in [0.2, 0.25) is 10.0 Å². The summed E-state index contributed by atoms with van der Waals surface area (Å²) in [6.45, 7) is 1.20. The molecule has 0 radical (unpaired) electrons. The van der Waals surface area contributed by atoms with E-state index in [0.29, 0.717) is 6.54 Å². The van der Waals surface area contributed by atoms with Gasteiger partial charge in [0.1, 0.15) is 0 Å². The summed E-state index contributed by atoms with van der Waals surface area (Å²) in [5.41, 5.74) is 0. The van der Waals surface area contributed by atoms with Gasteiger partial charge in [-0.15, -0.1) is 0 Å². The lowest BCUT2D eigenvalue weighted by Crippen LogP contribution is -2.39. The Labute approximate surface area is 106 Å². The molecule has 1 aliphatic heterocycles. The minimum absolute atomic E-state index is 0.118. The highest BCUT2D eigenvalue weighted by molar-refractivity contribution is 7.89. The molecular formula is C10H19F3N2O2S. The molecule has 1 rings (SSSR count). The molecule has 1 aliphatic rings. The van der Waals surface area contributed by atoms with E-state index < -0.39 is 28.4 Å². The van der Waals surface area contributed by atoms with Crippen LogP contribution in [-0.2, 0) is 10.0 Å². The molecule has 108 valence electrons. The second kappa shape index (κ2) is 6.21. The molecule has 0 saturated carbocycles. The first-order chi connectivity index (χ1) is 8.21. The topological polar surface area (TPSA) is 49.4 Å². The quantitative estimate of drug-likeness (QED) is 0.802. The number of halogens is 3. The summed E-state index contributed by atoms with van der Waals surface area (Å²) in [7, 11) is -2.16. The summed E-state index contributed by atoms with van der Waals surface area (Å²) in [5, 5.41) is 3.15. The number of alkyl halides is 3. The number of nitrogens with zero attached hydrogens (tertiary/aromatic N) is 1. The van der Waals surface area contributed by atoms with Gasteiger partial charge in [0.25, 0.3) is 0 Å². The first-order valence-electron chi connectivity index (χ1n) is 5.95. The van der Waals surface area contributed by atoms with Crippen LogP contribution in [0, 0.1) is 0 Å². The van der Waals surface area contributed by atoms with E-state index in [0.717, 1.165) is 23.7 Å².